The van der Waals surface area contributed by atoms with E-state index in [0.717, 1.165) is 5.56 Å². The summed E-state index contributed by atoms with van der Waals surface area (Å²) in [4.78, 5) is 14.7. The van der Waals surface area contributed by atoms with Crippen LogP contribution in [0.15, 0.2) is 12.3 Å². The average Bonchev–Trinajstić information content (AvgIpc) is 2.14. The van der Waals surface area contributed by atoms with E-state index < -0.39 is 0 Å². The maximum atomic E-state index is 10.6. The van der Waals surface area contributed by atoms with Crippen molar-refractivity contribution in [3.05, 3.63) is 17.8 Å². The monoisotopic (exact) mass is 208 g/mol. The lowest BCUT2D eigenvalue weighted by Crippen LogP contribution is -2.26. The van der Waals surface area contributed by atoms with Crippen LogP contribution in [0.4, 0.5) is 11.5 Å². The third-order valence-electron chi connectivity index (χ3n) is 1.85. The Kier molecular flexibility index (Phi) is 3.91. The van der Waals surface area contributed by atoms with Gasteiger partial charge in [0.1, 0.15) is 5.82 Å². The number of hydrogen-bond donors (Lipinski definition) is 3. The van der Waals surface area contributed by atoms with Gasteiger partial charge in [-0.1, -0.05) is 0 Å². The number of hydrogen-bond acceptors (Lipinski definition) is 4. The number of carbonyl (C=O) groups is 1. The molecule has 0 spiro atoms. The van der Waals surface area contributed by atoms with Crippen molar-refractivity contribution >= 4 is 17.4 Å². The van der Waals surface area contributed by atoms with Gasteiger partial charge in [-0.15, -0.1) is 0 Å². The lowest BCUT2D eigenvalue weighted by molar-refractivity contribution is -0.118. The number of anilines is 2. The lowest BCUT2D eigenvalue weighted by atomic mass is 10.3. The number of nitrogens with two attached hydrogens (primary N) is 1. The summed E-state index contributed by atoms with van der Waals surface area (Å²) < 4.78 is 0. The third kappa shape index (κ3) is 3.84. The molecule has 5 heteroatoms. The van der Waals surface area contributed by atoms with Gasteiger partial charge in [0.25, 0.3) is 0 Å². The smallest absolute Gasteiger partial charge is 0.216 e. The van der Waals surface area contributed by atoms with Gasteiger partial charge in [-0.3, -0.25) is 4.79 Å². The molecule has 0 atom stereocenters. The minimum Gasteiger partial charge on any atom is -0.396 e. The zero-order valence-corrected chi connectivity index (χ0v) is 9.00. The molecule has 5 nitrogen and oxygen atoms in total. The van der Waals surface area contributed by atoms with E-state index >= 15 is 0 Å². The number of aryl methyl sites for hydroxylation is 1. The molecule has 0 unspecified atom stereocenters. The van der Waals surface area contributed by atoms with Gasteiger partial charge in [-0.2, -0.15) is 0 Å². The largest absolute Gasteiger partial charge is 0.396 e. The molecular weight excluding hydrogens is 192 g/mol. The predicted octanol–water partition coefficient (Wildman–Crippen LogP) is 0.520. The van der Waals surface area contributed by atoms with Crippen LogP contribution in [-0.4, -0.2) is 24.0 Å². The second-order valence-corrected chi connectivity index (χ2v) is 3.36. The summed E-state index contributed by atoms with van der Waals surface area (Å²) in [7, 11) is 0. The van der Waals surface area contributed by atoms with Crippen molar-refractivity contribution in [2.24, 2.45) is 0 Å². The average molecular weight is 208 g/mol. The van der Waals surface area contributed by atoms with Crippen molar-refractivity contribution in [3.8, 4) is 0 Å². The van der Waals surface area contributed by atoms with E-state index in [1.54, 1.807) is 6.20 Å². The van der Waals surface area contributed by atoms with Gasteiger partial charge in [-0.05, 0) is 18.6 Å². The highest BCUT2D eigenvalue weighted by atomic mass is 16.1. The number of rotatable bonds is 4. The molecular formula is C10H16N4O. The molecule has 1 aromatic rings. The molecule has 0 bridgehead atoms. The number of carbonyl (C=O) groups excluding carboxylic acids is 1. The molecule has 1 rings (SSSR count). The van der Waals surface area contributed by atoms with Crippen LogP contribution >= 0.6 is 0 Å². The van der Waals surface area contributed by atoms with Gasteiger partial charge in [0.15, 0.2) is 0 Å². The summed E-state index contributed by atoms with van der Waals surface area (Å²) >= 11 is 0. The first-order valence-electron chi connectivity index (χ1n) is 4.80. The molecule has 15 heavy (non-hydrogen) atoms. The molecule has 0 aliphatic heterocycles. The van der Waals surface area contributed by atoms with Gasteiger partial charge >= 0.3 is 0 Å². The highest BCUT2D eigenvalue weighted by Crippen LogP contribution is 2.14. The van der Waals surface area contributed by atoms with Gasteiger partial charge in [-0.25, -0.2) is 4.98 Å². The molecule has 0 saturated heterocycles. The fourth-order valence-electron chi connectivity index (χ4n) is 1.16. The SMILES string of the molecule is CC(=O)NCCNc1ncc(C)cc1N. The second kappa shape index (κ2) is 5.19. The van der Waals surface area contributed by atoms with Crippen molar-refractivity contribution in [2.75, 3.05) is 24.1 Å². The zero-order chi connectivity index (χ0) is 11.3. The maximum Gasteiger partial charge on any atom is 0.216 e. The minimum atomic E-state index is -0.0402. The van der Waals surface area contributed by atoms with Crippen LogP contribution in [0.5, 0.6) is 0 Å². The van der Waals surface area contributed by atoms with Crippen LogP contribution in [0.3, 0.4) is 0 Å². The summed E-state index contributed by atoms with van der Waals surface area (Å²) in [5, 5.41) is 5.72. The van der Waals surface area contributed by atoms with Crippen LogP contribution in [-0.2, 0) is 4.79 Å². The molecule has 82 valence electrons. The van der Waals surface area contributed by atoms with Crippen LogP contribution in [0.2, 0.25) is 0 Å². The Labute approximate surface area is 89.1 Å². The summed E-state index contributed by atoms with van der Waals surface area (Å²) in [6.45, 7) is 4.59. The molecule has 0 aliphatic carbocycles. The van der Waals surface area contributed by atoms with Gasteiger partial charge in [0.2, 0.25) is 5.91 Å². The number of nitrogen functional groups attached to an aromatic ring is 1. The molecule has 4 N–H and O–H groups in total. The Hall–Kier alpha value is -1.78. The lowest BCUT2D eigenvalue weighted by Gasteiger charge is -2.08. The fraction of sp³-hybridized carbons (Fsp3) is 0.400. The Morgan fingerprint density at radius 1 is 1.53 bits per heavy atom. The molecule has 0 aliphatic rings. The molecule has 0 aromatic carbocycles. The van der Waals surface area contributed by atoms with Crippen molar-refractivity contribution in [3.63, 3.8) is 0 Å². The van der Waals surface area contributed by atoms with E-state index in [1.807, 2.05) is 13.0 Å². The molecule has 0 fully saturated rings. The van der Waals surface area contributed by atoms with Crippen LogP contribution in [0.1, 0.15) is 12.5 Å². The van der Waals surface area contributed by atoms with Crippen molar-refractivity contribution in [1.29, 1.82) is 0 Å². The molecule has 0 radical (unpaired) electrons. The van der Waals surface area contributed by atoms with Gasteiger partial charge in [0.05, 0.1) is 5.69 Å². The number of amides is 1. The topological polar surface area (TPSA) is 80.0 Å². The van der Waals surface area contributed by atoms with Crippen LogP contribution < -0.4 is 16.4 Å². The van der Waals surface area contributed by atoms with Crippen molar-refractivity contribution < 1.29 is 4.79 Å². The minimum absolute atomic E-state index is 0.0402. The van der Waals surface area contributed by atoms with E-state index in [4.69, 9.17) is 5.73 Å². The Bertz CT molecular complexity index is 351. The standard InChI is InChI=1S/C10H16N4O/c1-7-5-9(11)10(14-6-7)13-4-3-12-8(2)15/h5-6H,3-4,11H2,1-2H3,(H,12,15)(H,13,14). The fourth-order valence-corrected chi connectivity index (χ4v) is 1.16. The first kappa shape index (κ1) is 11.3. The Morgan fingerprint density at radius 2 is 2.27 bits per heavy atom. The van der Waals surface area contributed by atoms with E-state index in [2.05, 4.69) is 15.6 Å². The highest BCUT2D eigenvalue weighted by molar-refractivity contribution is 5.72. The van der Waals surface area contributed by atoms with Crippen molar-refractivity contribution in [2.45, 2.75) is 13.8 Å². The summed E-state index contributed by atoms with van der Waals surface area (Å²) in [6.07, 6.45) is 1.75. The second-order valence-electron chi connectivity index (χ2n) is 3.36. The van der Waals surface area contributed by atoms with Gasteiger partial charge in [0, 0.05) is 26.2 Å². The molecule has 1 amide bonds. The zero-order valence-electron chi connectivity index (χ0n) is 9.00. The summed E-state index contributed by atoms with van der Waals surface area (Å²) in [5.41, 5.74) is 7.40. The van der Waals surface area contributed by atoms with E-state index in [-0.39, 0.29) is 5.91 Å². The van der Waals surface area contributed by atoms with E-state index in [0.29, 0.717) is 24.6 Å². The number of nitrogens with one attached hydrogen (secondary N) is 2. The molecule has 1 aromatic heterocycles. The van der Waals surface area contributed by atoms with E-state index in [9.17, 15) is 4.79 Å². The Morgan fingerprint density at radius 3 is 2.87 bits per heavy atom. The third-order valence-corrected chi connectivity index (χ3v) is 1.85. The van der Waals surface area contributed by atoms with Crippen LogP contribution in [0, 0.1) is 6.92 Å². The summed E-state index contributed by atoms with van der Waals surface area (Å²) in [5.74, 6) is 0.618. The molecule has 0 saturated carbocycles. The van der Waals surface area contributed by atoms with Crippen molar-refractivity contribution in [1.82, 2.24) is 10.3 Å². The number of nitrogens with zero attached hydrogens (tertiary/aromatic N) is 1. The first-order valence-corrected chi connectivity index (χ1v) is 4.80. The Balaban J connectivity index is 2.40. The first-order chi connectivity index (χ1) is 7.09. The quantitative estimate of drug-likeness (QED) is 0.630. The van der Waals surface area contributed by atoms with Crippen LogP contribution in [0.25, 0.3) is 0 Å². The normalized spacial score (nSPS) is 9.73. The molecule has 1 heterocycles. The predicted molar refractivity (Wildman–Crippen MR) is 60.6 cm³/mol. The number of aromatic nitrogens is 1. The summed E-state index contributed by atoms with van der Waals surface area (Å²) in [6, 6.07) is 1.85. The number of pyridine rings is 1. The highest BCUT2D eigenvalue weighted by Gasteiger charge is 1.99. The maximum absolute atomic E-state index is 10.6. The van der Waals surface area contributed by atoms with Gasteiger partial charge < -0.3 is 16.4 Å². The van der Waals surface area contributed by atoms with E-state index in [1.165, 1.54) is 6.92 Å².